The number of carbonyl (C=O) groups is 1. The summed E-state index contributed by atoms with van der Waals surface area (Å²) >= 11 is 1.12. The molecule has 0 spiro atoms. The highest BCUT2D eigenvalue weighted by Gasteiger charge is 2.19. The number of nitrogens with zero attached hydrogens (tertiary/aromatic N) is 2. The molecule has 0 fully saturated rings. The maximum absolute atomic E-state index is 12.6. The average molecular weight is 316 g/mol. The Bertz CT molecular complexity index is 928. The van der Waals surface area contributed by atoms with Crippen LogP contribution in [0.2, 0.25) is 0 Å². The fourth-order valence-corrected chi connectivity index (χ4v) is 2.96. The van der Waals surface area contributed by atoms with E-state index in [0.29, 0.717) is 5.69 Å². The van der Waals surface area contributed by atoms with Gasteiger partial charge in [0.2, 0.25) is 0 Å². The molecule has 0 saturated heterocycles. The number of benzene rings is 1. The number of nitrogens with one attached hydrogen (secondary N) is 1. The van der Waals surface area contributed by atoms with Gasteiger partial charge >= 0.3 is 5.97 Å². The summed E-state index contributed by atoms with van der Waals surface area (Å²) in [7, 11) is 1.78. The first-order valence-corrected chi connectivity index (χ1v) is 7.22. The fraction of sp³-hybridized carbons (Fsp3) is 0.0714. The molecule has 0 aliphatic heterocycles. The van der Waals surface area contributed by atoms with E-state index in [-0.39, 0.29) is 21.5 Å². The Kier molecular flexibility index (Phi) is 3.30. The summed E-state index contributed by atoms with van der Waals surface area (Å²) in [5, 5.41) is 18.5. The van der Waals surface area contributed by atoms with Crippen molar-refractivity contribution in [2.45, 2.75) is 0 Å². The Morgan fingerprint density at radius 2 is 2.05 bits per heavy atom. The molecule has 0 aliphatic rings. The van der Waals surface area contributed by atoms with Gasteiger partial charge in [-0.3, -0.25) is 4.79 Å². The Morgan fingerprint density at radius 1 is 1.36 bits per heavy atom. The molecule has 0 unspecified atom stereocenters. The molecule has 1 aromatic carbocycles. The smallest absolute Gasteiger partial charge is 0.357 e. The molecule has 8 heteroatoms. The Labute approximate surface area is 128 Å². The van der Waals surface area contributed by atoms with Crippen molar-refractivity contribution in [1.29, 1.82) is 0 Å². The number of aromatic nitrogens is 2. The van der Waals surface area contributed by atoms with E-state index < -0.39 is 11.5 Å². The van der Waals surface area contributed by atoms with Crippen LogP contribution in [0.15, 0.2) is 34.4 Å². The second kappa shape index (κ2) is 5.15. The molecule has 0 radical (unpaired) electrons. The lowest BCUT2D eigenvalue weighted by atomic mass is 10.2. The summed E-state index contributed by atoms with van der Waals surface area (Å²) < 4.78 is 1.06. The van der Waals surface area contributed by atoms with Crippen LogP contribution in [0, 0.1) is 0 Å². The number of thiophene rings is 1. The van der Waals surface area contributed by atoms with Crippen LogP contribution in [-0.4, -0.2) is 27.9 Å². The summed E-state index contributed by atoms with van der Waals surface area (Å²) in [5.41, 5.74) is 6.52. The van der Waals surface area contributed by atoms with Crippen molar-refractivity contribution in [3.8, 4) is 5.69 Å². The second-order valence-corrected chi connectivity index (χ2v) is 5.47. The molecule has 2 aromatic heterocycles. The minimum atomic E-state index is -1.21. The molecule has 0 atom stereocenters. The van der Waals surface area contributed by atoms with E-state index in [1.54, 1.807) is 31.3 Å². The number of fused-ring (bicyclic) bond motifs is 1. The highest BCUT2D eigenvalue weighted by atomic mass is 32.1. The Hall–Kier alpha value is -2.87. The van der Waals surface area contributed by atoms with E-state index in [4.69, 9.17) is 5.73 Å². The third-order valence-corrected chi connectivity index (χ3v) is 4.10. The number of hydrogen-bond acceptors (Lipinski definition) is 6. The van der Waals surface area contributed by atoms with Gasteiger partial charge in [0.1, 0.15) is 0 Å². The SMILES string of the molecule is CNc1ccc(-n2nc(C(=O)O)c3csc(N)c3c2=O)cc1. The molecule has 22 heavy (non-hydrogen) atoms. The fourth-order valence-electron chi connectivity index (χ4n) is 2.18. The molecule has 0 amide bonds. The van der Waals surface area contributed by atoms with Gasteiger partial charge in [-0.25, -0.2) is 4.79 Å². The maximum atomic E-state index is 12.6. The predicted octanol–water partition coefficient (Wildman–Crippen LogP) is 1.77. The van der Waals surface area contributed by atoms with Crippen molar-refractivity contribution in [3.05, 3.63) is 45.7 Å². The summed E-state index contributed by atoms with van der Waals surface area (Å²) in [6.45, 7) is 0. The summed E-state index contributed by atoms with van der Waals surface area (Å²) in [6.07, 6.45) is 0. The van der Waals surface area contributed by atoms with Crippen molar-refractivity contribution >= 4 is 38.8 Å². The normalized spacial score (nSPS) is 10.8. The molecule has 7 nitrogen and oxygen atoms in total. The van der Waals surface area contributed by atoms with Crippen LogP contribution >= 0.6 is 11.3 Å². The Balaban J connectivity index is 2.33. The van der Waals surface area contributed by atoms with Gasteiger partial charge < -0.3 is 16.2 Å². The Morgan fingerprint density at radius 3 is 2.64 bits per heavy atom. The summed E-state index contributed by atoms with van der Waals surface area (Å²) in [4.78, 5) is 24.0. The number of nitrogen functional groups attached to an aromatic ring is 1. The van der Waals surface area contributed by atoms with Crippen LogP contribution in [0.5, 0.6) is 0 Å². The summed E-state index contributed by atoms with van der Waals surface area (Å²) in [5.74, 6) is -1.21. The van der Waals surface area contributed by atoms with E-state index >= 15 is 0 Å². The van der Waals surface area contributed by atoms with Gasteiger partial charge in [-0.1, -0.05) is 0 Å². The average Bonchev–Trinajstić information content (AvgIpc) is 2.90. The number of rotatable bonds is 3. The van der Waals surface area contributed by atoms with Gasteiger partial charge in [0, 0.05) is 23.5 Å². The molecule has 2 heterocycles. The third kappa shape index (κ3) is 2.09. The lowest BCUT2D eigenvalue weighted by molar-refractivity contribution is 0.0691. The number of carboxylic acid groups (broad SMARTS) is 1. The third-order valence-electron chi connectivity index (χ3n) is 3.28. The number of hydrogen-bond donors (Lipinski definition) is 3. The quantitative estimate of drug-likeness (QED) is 0.679. The first-order chi connectivity index (χ1) is 10.5. The zero-order chi connectivity index (χ0) is 15.9. The standard InChI is InChI=1S/C14H12N4O3S/c1-16-7-2-4-8(5-3-7)18-13(19)10-9(6-22-12(10)15)11(17-18)14(20)21/h2-6,16H,15H2,1H3,(H,20,21). The van der Waals surface area contributed by atoms with Crippen LogP contribution in [0.3, 0.4) is 0 Å². The van der Waals surface area contributed by atoms with Gasteiger partial charge in [0.15, 0.2) is 5.69 Å². The first kappa shape index (κ1) is 14.1. The van der Waals surface area contributed by atoms with Crippen molar-refractivity contribution in [2.75, 3.05) is 18.1 Å². The zero-order valence-electron chi connectivity index (χ0n) is 11.5. The first-order valence-electron chi connectivity index (χ1n) is 6.34. The van der Waals surface area contributed by atoms with Crippen LogP contribution in [0.1, 0.15) is 10.5 Å². The minimum absolute atomic E-state index is 0.190. The molecule has 112 valence electrons. The van der Waals surface area contributed by atoms with Crippen molar-refractivity contribution < 1.29 is 9.90 Å². The number of anilines is 2. The van der Waals surface area contributed by atoms with Gasteiger partial charge in [-0.05, 0) is 24.3 Å². The van der Waals surface area contributed by atoms with Crippen molar-refractivity contribution in [3.63, 3.8) is 0 Å². The van der Waals surface area contributed by atoms with Crippen LogP contribution < -0.4 is 16.6 Å². The molecule has 4 N–H and O–H groups in total. The van der Waals surface area contributed by atoms with E-state index in [1.165, 1.54) is 5.38 Å². The molecule has 0 saturated carbocycles. The van der Waals surface area contributed by atoms with Gasteiger partial charge in [0.25, 0.3) is 5.56 Å². The molecular formula is C14H12N4O3S. The largest absolute Gasteiger partial charge is 0.476 e. The van der Waals surface area contributed by atoms with Crippen LogP contribution in [0.25, 0.3) is 16.5 Å². The molecule has 0 bridgehead atoms. The van der Waals surface area contributed by atoms with E-state index in [0.717, 1.165) is 21.7 Å². The summed E-state index contributed by atoms with van der Waals surface area (Å²) in [6, 6.07) is 6.90. The van der Waals surface area contributed by atoms with E-state index in [1.807, 2.05) is 0 Å². The number of carboxylic acids is 1. The number of aromatic carboxylic acids is 1. The van der Waals surface area contributed by atoms with Crippen LogP contribution in [0.4, 0.5) is 10.7 Å². The molecule has 0 aliphatic carbocycles. The zero-order valence-corrected chi connectivity index (χ0v) is 12.3. The predicted molar refractivity (Wildman–Crippen MR) is 86.1 cm³/mol. The lowest BCUT2D eigenvalue weighted by Crippen LogP contribution is -2.24. The van der Waals surface area contributed by atoms with Gasteiger partial charge in [-0.15, -0.1) is 11.3 Å². The molecule has 3 aromatic rings. The topological polar surface area (TPSA) is 110 Å². The second-order valence-electron chi connectivity index (χ2n) is 4.56. The van der Waals surface area contributed by atoms with E-state index in [9.17, 15) is 14.7 Å². The highest BCUT2D eigenvalue weighted by Crippen LogP contribution is 2.27. The molecule has 3 rings (SSSR count). The van der Waals surface area contributed by atoms with Crippen molar-refractivity contribution in [2.24, 2.45) is 0 Å². The minimum Gasteiger partial charge on any atom is -0.476 e. The highest BCUT2D eigenvalue weighted by molar-refractivity contribution is 7.15. The number of nitrogens with two attached hydrogens (primary N) is 1. The van der Waals surface area contributed by atoms with Gasteiger partial charge in [0.05, 0.1) is 16.1 Å². The lowest BCUT2D eigenvalue weighted by Gasteiger charge is -2.08. The molecular weight excluding hydrogens is 304 g/mol. The van der Waals surface area contributed by atoms with E-state index in [2.05, 4.69) is 10.4 Å². The van der Waals surface area contributed by atoms with Crippen molar-refractivity contribution in [1.82, 2.24) is 9.78 Å². The maximum Gasteiger partial charge on any atom is 0.357 e. The van der Waals surface area contributed by atoms with Gasteiger partial charge in [-0.2, -0.15) is 9.78 Å². The van der Waals surface area contributed by atoms with Crippen LogP contribution in [-0.2, 0) is 0 Å². The monoisotopic (exact) mass is 316 g/mol.